The Morgan fingerprint density at radius 1 is 1.12 bits per heavy atom. The highest BCUT2D eigenvalue weighted by Gasteiger charge is 2.30. The zero-order valence-corrected chi connectivity index (χ0v) is 13.7. The Bertz CT molecular complexity index is 730. The maximum atomic E-state index is 12.6. The molecule has 0 spiro atoms. The second kappa shape index (κ2) is 8.26. The summed E-state index contributed by atoms with van der Waals surface area (Å²) in [5.74, 6) is -0.993. The third-order valence-electron chi connectivity index (χ3n) is 3.10. The highest BCUT2D eigenvalue weighted by Crippen LogP contribution is 2.28. The number of thioether (sulfide) groups is 1. The summed E-state index contributed by atoms with van der Waals surface area (Å²) in [6.45, 7) is 1.83. The Labute approximate surface area is 143 Å². The van der Waals surface area contributed by atoms with Crippen LogP contribution in [0, 0.1) is 10.1 Å². The van der Waals surface area contributed by atoms with Crippen molar-refractivity contribution in [2.75, 3.05) is 6.61 Å². The van der Waals surface area contributed by atoms with Gasteiger partial charge in [0.05, 0.1) is 11.5 Å². The van der Waals surface area contributed by atoms with Gasteiger partial charge in [-0.25, -0.2) is 0 Å². The summed E-state index contributed by atoms with van der Waals surface area (Å²) in [4.78, 5) is 35.5. The first-order valence-electron chi connectivity index (χ1n) is 7.20. The van der Waals surface area contributed by atoms with E-state index < -0.39 is 16.1 Å². The molecule has 1 unspecified atom stereocenters. The minimum absolute atomic E-state index is 0.0542. The molecule has 0 heterocycles. The van der Waals surface area contributed by atoms with Crippen LogP contribution in [0.1, 0.15) is 17.3 Å². The molecule has 24 heavy (non-hydrogen) atoms. The first-order chi connectivity index (χ1) is 11.5. The standard InChI is InChI=1S/C17H15NO5S/c1-2-23-17(20)16(15(19)12-6-4-3-5-7-12)24-14-10-8-13(9-11-14)18(21)22/h3-11,16H,2H2,1H3. The zero-order valence-electron chi connectivity index (χ0n) is 12.9. The van der Waals surface area contributed by atoms with Crippen molar-refractivity contribution in [1.82, 2.24) is 0 Å². The molecule has 6 nitrogen and oxygen atoms in total. The lowest BCUT2D eigenvalue weighted by atomic mass is 10.1. The van der Waals surface area contributed by atoms with Gasteiger partial charge in [-0.1, -0.05) is 30.3 Å². The molecule has 2 rings (SSSR count). The van der Waals surface area contributed by atoms with Gasteiger partial charge >= 0.3 is 5.97 Å². The summed E-state index contributed by atoms with van der Waals surface area (Å²) in [5.41, 5.74) is 0.353. The molecule has 0 aliphatic rings. The van der Waals surface area contributed by atoms with Gasteiger partial charge in [-0.3, -0.25) is 19.7 Å². The maximum Gasteiger partial charge on any atom is 0.327 e. The van der Waals surface area contributed by atoms with E-state index in [-0.39, 0.29) is 18.1 Å². The molecule has 0 amide bonds. The molecule has 2 aromatic rings. The summed E-state index contributed by atoms with van der Waals surface area (Å²) in [6.07, 6.45) is 0. The topological polar surface area (TPSA) is 86.5 Å². The number of esters is 1. The van der Waals surface area contributed by atoms with E-state index in [1.807, 2.05) is 0 Å². The summed E-state index contributed by atoms with van der Waals surface area (Å²) in [5, 5.41) is 9.63. The lowest BCUT2D eigenvalue weighted by Gasteiger charge is -2.14. The third kappa shape index (κ3) is 4.42. The summed E-state index contributed by atoms with van der Waals surface area (Å²) < 4.78 is 4.99. The molecule has 124 valence electrons. The van der Waals surface area contributed by atoms with E-state index in [9.17, 15) is 19.7 Å². The number of nitro groups is 1. The summed E-state index contributed by atoms with van der Waals surface area (Å²) in [7, 11) is 0. The first-order valence-corrected chi connectivity index (χ1v) is 8.08. The number of ether oxygens (including phenoxy) is 1. The first kappa shape index (κ1) is 17.7. The van der Waals surface area contributed by atoms with Gasteiger partial charge in [-0.05, 0) is 19.1 Å². The van der Waals surface area contributed by atoms with Crippen LogP contribution < -0.4 is 0 Å². The van der Waals surface area contributed by atoms with Crippen LogP contribution in [-0.2, 0) is 9.53 Å². The van der Waals surface area contributed by atoms with Crippen LogP contribution in [0.4, 0.5) is 5.69 Å². The van der Waals surface area contributed by atoms with E-state index in [1.165, 1.54) is 24.3 Å². The Morgan fingerprint density at radius 2 is 1.75 bits per heavy atom. The maximum absolute atomic E-state index is 12.6. The van der Waals surface area contributed by atoms with E-state index >= 15 is 0 Å². The van der Waals surface area contributed by atoms with Gasteiger partial charge in [0.25, 0.3) is 5.69 Å². The second-order valence-electron chi connectivity index (χ2n) is 4.73. The molecular weight excluding hydrogens is 330 g/mol. The minimum atomic E-state index is -1.06. The smallest absolute Gasteiger partial charge is 0.327 e. The van der Waals surface area contributed by atoms with E-state index in [4.69, 9.17) is 4.74 Å². The summed E-state index contributed by atoms with van der Waals surface area (Å²) >= 11 is 1.01. The fourth-order valence-electron chi connectivity index (χ4n) is 1.96. The van der Waals surface area contributed by atoms with Crippen molar-refractivity contribution in [2.45, 2.75) is 17.1 Å². The number of benzene rings is 2. The highest BCUT2D eigenvalue weighted by molar-refractivity contribution is 8.01. The molecule has 1 atom stereocenters. The number of hydrogen-bond acceptors (Lipinski definition) is 6. The van der Waals surface area contributed by atoms with Crippen LogP contribution in [0.2, 0.25) is 0 Å². The molecule has 0 N–H and O–H groups in total. The number of rotatable bonds is 7. The molecule has 0 radical (unpaired) electrons. The van der Waals surface area contributed by atoms with Crippen LogP contribution in [-0.4, -0.2) is 28.5 Å². The van der Waals surface area contributed by atoms with Gasteiger partial charge in [0, 0.05) is 22.6 Å². The van der Waals surface area contributed by atoms with Crippen LogP contribution >= 0.6 is 11.8 Å². The molecule has 0 fully saturated rings. The quantitative estimate of drug-likeness (QED) is 0.191. The molecular formula is C17H15NO5S. The molecule has 0 aliphatic heterocycles. The van der Waals surface area contributed by atoms with Crippen molar-refractivity contribution in [3.05, 3.63) is 70.3 Å². The normalized spacial score (nSPS) is 11.5. The van der Waals surface area contributed by atoms with Crippen LogP contribution in [0.15, 0.2) is 59.5 Å². The Kier molecular flexibility index (Phi) is 6.08. The Morgan fingerprint density at radius 3 is 2.29 bits per heavy atom. The fraction of sp³-hybridized carbons (Fsp3) is 0.176. The molecule has 2 aromatic carbocycles. The van der Waals surface area contributed by atoms with Gasteiger partial charge < -0.3 is 4.74 Å². The SMILES string of the molecule is CCOC(=O)C(Sc1ccc([N+](=O)[O-])cc1)C(=O)c1ccccc1. The van der Waals surface area contributed by atoms with Gasteiger partial charge in [0.2, 0.25) is 0 Å². The third-order valence-corrected chi connectivity index (χ3v) is 4.29. The average molecular weight is 345 g/mol. The predicted octanol–water partition coefficient (Wildman–Crippen LogP) is 3.50. The zero-order chi connectivity index (χ0) is 17.5. The van der Waals surface area contributed by atoms with Gasteiger partial charge in [-0.15, -0.1) is 11.8 Å². The fourth-order valence-corrected chi connectivity index (χ4v) is 2.94. The minimum Gasteiger partial charge on any atom is -0.465 e. The van der Waals surface area contributed by atoms with Gasteiger partial charge in [-0.2, -0.15) is 0 Å². The predicted molar refractivity (Wildman–Crippen MR) is 90.1 cm³/mol. The van der Waals surface area contributed by atoms with Gasteiger partial charge in [0.1, 0.15) is 0 Å². The van der Waals surface area contributed by atoms with E-state index in [0.29, 0.717) is 10.5 Å². The van der Waals surface area contributed by atoms with E-state index in [0.717, 1.165) is 11.8 Å². The lowest BCUT2D eigenvalue weighted by Crippen LogP contribution is -2.29. The van der Waals surface area contributed by atoms with Crippen molar-refractivity contribution >= 4 is 29.2 Å². The van der Waals surface area contributed by atoms with Crippen molar-refractivity contribution in [3.63, 3.8) is 0 Å². The van der Waals surface area contributed by atoms with Crippen molar-refractivity contribution in [2.24, 2.45) is 0 Å². The average Bonchev–Trinajstić information content (AvgIpc) is 2.60. The summed E-state index contributed by atoms with van der Waals surface area (Å²) in [6, 6.07) is 14.1. The Balaban J connectivity index is 2.24. The largest absolute Gasteiger partial charge is 0.465 e. The number of Topliss-reactive ketones (excluding diaryl/α,β-unsaturated/α-hetero) is 1. The number of carbonyl (C=O) groups excluding carboxylic acids is 2. The molecule has 0 aromatic heterocycles. The van der Waals surface area contributed by atoms with Crippen LogP contribution in [0.3, 0.4) is 0 Å². The number of nitrogens with zero attached hydrogens (tertiary/aromatic N) is 1. The van der Waals surface area contributed by atoms with Gasteiger partial charge in [0.15, 0.2) is 11.0 Å². The lowest BCUT2D eigenvalue weighted by molar-refractivity contribution is -0.384. The monoisotopic (exact) mass is 345 g/mol. The Hall–Kier alpha value is -2.67. The number of hydrogen-bond donors (Lipinski definition) is 0. The van der Waals surface area contributed by atoms with E-state index in [2.05, 4.69) is 0 Å². The van der Waals surface area contributed by atoms with Crippen molar-refractivity contribution < 1.29 is 19.2 Å². The highest BCUT2D eigenvalue weighted by atomic mass is 32.2. The number of ketones is 1. The number of carbonyl (C=O) groups is 2. The second-order valence-corrected chi connectivity index (χ2v) is 5.91. The van der Waals surface area contributed by atoms with Crippen LogP contribution in [0.5, 0.6) is 0 Å². The molecule has 0 aliphatic carbocycles. The number of nitro benzene ring substituents is 1. The van der Waals surface area contributed by atoms with Crippen LogP contribution in [0.25, 0.3) is 0 Å². The van der Waals surface area contributed by atoms with E-state index in [1.54, 1.807) is 37.3 Å². The van der Waals surface area contributed by atoms with Crippen molar-refractivity contribution in [1.29, 1.82) is 0 Å². The molecule has 7 heteroatoms. The molecule has 0 saturated carbocycles. The molecule has 0 saturated heterocycles. The number of non-ortho nitro benzene ring substituents is 1. The molecule has 0 bridgehead atoms. The van der Waals surface area contributed by atoms with Crippen molar-refractivity contribution in [3.8, 4) is 0 Å².